The first kappa shape index (κ1) is 14.9. The van der Waals surface area contributed by atoms with Crippen molar-refractivity contribution < 1.29 is 0 Å². The minimum atomic E-state index is 0.283. The Morgan fingerprint density at radius 2 is 2.05 bits per heavy atom. The molecule has 0 saturated carbocycles. The fourth-order valence-electron chi connectivity index (χ4n) is 1.80. The van der Waals surface area contributed by atoms with Gasteiger partial charge in [-0.3, -0.25) is 0 Å². The first-order valence-corrected chi connectivity index (χ1v) is 7.27. The van der Waals surface area contributed by atoms with Crippen LogP contribution in [0.25, 0.3) is 0 Å². The average Bonchev–Trinajstić information content (AvgIpc) is 2.40. The van der Waals surface area contributed by atoms with Gasteiger partial charge in [-0.25, -0.2) is 9.97 Å². The number of hydrogen-bond acceptors (Lipinski definition) is 4. The molecule has 104 valence electrons. The van der Waals surface area contributed by atoms with Crippen LogP contribution in [0.4, 0.5) is 5.95 Å². The quantitative estimate of drug-likeness (QED) is 0.859. The Labute approximate surface area is 132 Å². The summed E-state index contributed by atoms with van der Waals surface area (Å²) in [7, 11) is 1.94. The molecule has 6 heteroatoms. The second kappa shape index (κ2) is 6.28. The van der Waals surface area contributed by atoms with Gasteiger partial charge in [-0.1, -0.05) is 46.3 Å². The molecule has 2 N–H and O–H groups in total. The number of aryl methyl sites for hydroxylation is 1. The molecule has 0 fully saturated rings. The van der Waals surface area contributed by atoms with Crippen molar-refractivity contribution in [1.29, 1.82) is 0 Å². The second-order valence-electron chi connectivity index (χ2n) is 4.51. The summed E-state index contributed by atoms with van der Waals surface area (Å²) < 4.78 is 1.06. The predicted octanol–water partition coefficient (Wildman–Crippen LogP) is 2.82. The van der Waals surface area contributed by atoms with Gasteiger partial charge in [0.1, 0.15) is 10.7 Å². The molecule has 2 rings (SSSR count). The molecule has 0 aliphatic heterocycles. The Balaban J connectivity index is 2.27. The fraction of sp³-hybridized carbons (Fsp3) is 0.214. The van der Waals surface area contributed by atoms with E-state index in [1.807, 2.05) is 37.1 Å². The van der Waals surface area contributed by atoms with Crippen LogP contribution >= 0.6 is 28.1 Å². The SMILES string of the molecule is Cc1cc(C(N)=S)nc(N(C)Cc2ccccc2Br)n1. The van der Waals surface area contributed by atoms with E-state index in [0.717, 1.165) is 15.7 Å². The van der Waals surface area contributed by atoms with Crippen molar-refractivity contribution in [2.75, 3.05) is 11.9 Å². The number of nitrogens with zero attached hydrogens (tertiary/aromatic N) is 3. The molecule has 2 aromatic rings. The molecule has 0 spiro atoms. The number of anilines is 1. The fourth-order valence-corrected chi connectivity index (χ4v) is 2.32. The van der Waals surface area contributed by atoms with Crippen molar-refractivity contribution in [2.45, 2.75) is 13.5 Å². The van der Waals surface area contributed by atoms with Crippen molar-refractivity contribution >= 4 is 39.1 Å². The Morgan fingerprint density at radius 1 is 1.35 bits per heavy atom. The maximum Gasteiger partial charge on any atom is 0.226 e. The molecule has 0 atom stereocenters. The zero-order valence-corrected chi connectivity index (χ0v) is 13.7. The van der Waals surface area contributed by atoms with E-state index in [0.29, 0.717) is 18.2 Å². The lowest BCUT2D eigenvalue weighted by molar-refractivity contribution is 0.855. The van der Waals surface area contributed by atoms with Crippen LogP contribution in [0.15, 0.2) is 34.8 Å². The smallest absolute Gasteiger partial charge is 0.226 e. The Bertz CT molecular complexity index is 645. The summed E-state index contributed by atoms with van der Waals surface area (Å²) in [5, 5.41) is 0. The van der Waals surface area contributed by atoms with Crippen LogP contribution in [0.2, 0.25) is 0 Å². The van der Waals surface area contributed by atoms with Crippen molar-refractivity contribution in [2.24, 2.45) is 5.73 Å². The molecule has 1 heterocycles. The van der Waals surface area contributed by atoms with E-state index in [2.05, 4.69) is 32.0 Å². The first-order chi connectivity index (χ1) is 9.47. The van der Waals surface area contributed by atoms with Crippen LogP contribution < -0.4 is 10.6 Å². The Kier molecular flexibility index (Phi) is 4.67. The first-order valence-electron chi connectivity index (χ1n) is 6.07. The van der Waals surface area contributed by atoms with Crippen LogP contribution in [0.5, 0.6) is 0 Å². The van der Waals surface area contributed by atoms with Gasteiger partial charge in [0.2, 0.25) is 5.95 Å². The maximum absolute atomic E-state index is 5.64. The van der Waals surface area contributed by atoms with Crippen molar-refractivity contribution in [3.8, 4) is 0 Å². The van der Waals surface area contributed by atoms with Crippen molar-refractivity contribution in [3.05, 3.63) is 51.8 Å². The average molecular weight is 351 g/mol. The van der Waals surface area contributed by atoms with Crippen molar-refractivity contribution in [3.63, 3.8) is 0 Å². The van der Waals surface area contributed by atoms with Crippen LogP contribution in [-0.2, 0) is 6.54 Å². The highest BCUT2D eigenvalue weighted by atomic mass is 79.9. The minimum Gasteiger partial charge on any atom is -0.388 e. The number of benzene rings is 1. The normalized spacial score (nSPS) is 10.3. The zero-order chi connectivity index (χ0) is 14.7. The highest BCUT2D eigenvalue weighted by molar-refractivity contribution is 9.10. The molecule has 0 bridgehead atoms. The third-order valence-electron chi connectivity index (χ3n) is 2.80. The van der Waals surface area contributed by atoms with Crippen LogP contribution in [-0.4, -0.2) is 22.0 Å². The molecule has 1 aromatic heterocycles. The van der Waals surface area contributed by atoms with Gasteiger partial charge < -0.3 is 10.6 Å². The summed E-state index contributed by atoms with van der Waals surface area (Å²) in [6.45, 7) is 2.60. The van der Waals surface area contributed by atoms with E-state index in [1.54, 1.807) is 6.07 Å². The van der Waals surface area contributed by atoms with Crippen molar-refractivity contribution in [1.82, 2.24) is 9.97 Å². The molecule has 1 aromatic carbocycles. The molecule has 0 aliphatic rings. The van der Waals surface area contributed by atoms with Gasteiger partial charge in [-0.2, -0.15) is 0 Å². The summed E-state index contributed by atoms with van der Waals surface area (Å²) in [6, 6.07) is 9.86. The molecule has 0 amide bonds. The van der Waals surface area contributed by atoms with Gasteiger partial charge in [-0.15, -0.1) is 0 Å². The molecular formula is C14H15BrN4S. The highest BCUT2D eigenvalue weighted by Gasteiger charge is 2.10. The second-order valence-corrected chi connectivity index (χ2v) is 5.80. The number of nitrogens with two attached hydrogens (primary N) is 1. The molecule has 4 nitrogen and oxygen atoms in total. The van der Waals surface area contributed by atoms with Gasteiger partial charge in [-0.05, 0) is 24.6 Å². The van der Waals surface area contributed by atoms with Crippen LogP contribution in [0.3, 0.4) is 0 Å². The third-order valence-corrected chi connectivity index (χ3v) is 3.78. The monoisotopic (exact) mass is 350 g/mol. The van der Waals surface area contributed by atoms with E-state index in [-0.39, 0.29) is 4.99 Å². The minimum absolute atomic E-state index is 0.283. The summed E-state index contributed by atoms with van der Waals surface area (Å²) in [4.78, 5) is 11.1. The van der Waals surface area contributed by atoms with Gasteiger partial charge >= 0.3 is 0 Å². The maximum atomic E-state index is 5.64. The van der Waals surface area contributed by atoms with Gasteiger partial charge in [0.05, 0.1) is 0 Å². The third kappa shape index (κ3) is 3.52. The van der Waals surface area contributed by atoms with E-state index in [1.165, 1.54) is 0 Å². The number of aromatic nitrogens is 2. The van der Waals surface area contributed by atoms with E-state index in [4.69, 9.17) is 18.0 Å². The molecular weight excluding hydrogens is 336 g/mol. The van der Waals surface area contributed by atoms with E-state index < -0.39 is 0 Å². The lowest BCUT2D eigenvalue weighted by atomic mass is 10.2. The predicted molar refractivity (Wildman–Crippen MR) is 88.9 cm³/mol. The lowest BCUT2D eigenvalue weighted by Crippen LogP contribution is -2.22. The Hall–Kier alpha value is -1.53. The lowest BCUT2D eigenvalue weighted by Gasteiger charge is -2.19. The molecule has 0 unspecified atom stereocenters. The zero-order valence-electron chi connectivity index (χ0n) is 11.3. The number of halogens is 1. The van der Waals surface area contributed by atoms with E-state index >= 15 is 0 Å². The molecule has 0 saturated heterocycles. The topological polar surface area (TPSA) is 55.0 Å². The standard InChI is InChI=1S/C14H15BrN4S/c1-9-7-12(13(16)20)18-14(17-9)19(2)8-10-5-3-4-6-11(10)15/h3-7H,8H2,1-2H3,(H2,16,20). The highest BCUT2D eigenvalue weighted by Crippen LogP contribution is 2.19. The molecule has 0 radical (unpaired) electrons. The van der Waals surface area contributed by atoms with Crippen LogP contribution in [0, 0.1) is 6.92 Å². The number of rotatable bonds is 4. The summed E-state index contributed by atoms with van der Waals surface area (Å²) >= 11 is 8.52. The van der Waals surface area contributed by atoms with Gasteiger partial charge in [0, 0.05) is 23.8 Å². The summed E-state index contributed by atoms with van der Waals surface area (Å²) in [5.41, 5.74) is 8.25. The number of hydrogen-bond donors (Lipinski definition) is 1. The largest absolute Gasteiger partial charge is 0.388 e. The van der Waals surface area contributed by atoms with Gasteiger partial charge in [0.15, 0.2) is 0 Å². The Morgan fingerprint density at radius 3 is 2.70 bits per heavy atom. The summed E-state index contributed by atoms with van der Waals surface area (Å²) in [5.74, 6) is 0.614. The van der Waals surface area contributed by atoms with Crippen LogP contribution in [0.1, 0.15) is 17.0 Å². The number of thiocarbonyl (C=S) groups is 1. The molecule has 0 aliphatic carbocycles. The van der Waals surface area contributed by atoms with Gasteiger partial charge in [0.25, 0.3) is 0 Å². The molecule has 20 heavy (non-hydrogen) atoms. The summed E-state index contributed by atoms with van der Waals surface area (Å²) in [6.07, 6.45) is 0. The van der Waals surface area contributed by atoms with E-state index in [9.17, 15) is 0 Å².